The first-order valence-electron chi connectivity index (χ1n) is 6.95. The van der Waals surface area contributed by atoms with E-state index in [1.807, 2.05) is 30.3 Å². The fourth-order valence-electron chi connectivity index (χ4n) is 2.22. The molecule has 7 nitrogen and oxygen atoms in total. The zero-order valence-corrected chi connectivity index (χ0v) is 11.9. The molecule has 0 bridgehead atoms. The van der Waals surface area contributed by atoms with Gasteiger partial charge in [-0.15, -0.1) is 0 Å². The minimum atomic E-state index is -0.955. The largest absolute Gasteiger partial charge is 0.481 e. The van der Waals surface area contributed by atoms with Crippen molar-refractivity contribution in [3.8, 4) is 0 Å². The Morgan fingerprint density at radius 3 is 2.59 bits per heavy atom. The predicted octanol–water partition coefficient (Wildman–Crippen LogP) is 1.75. The number of rotatable bonds is 8. The number of hydrogen-bond donors (Lipinski definition) is 2. The SMILES string of the molecule is NC(=O)c1noc([C@H](CCCc2ccccc2)CC(=O)O)n1. The van der Waals surface area contributed by atoms with Crippen molar-refractivity contribution in [3.63, 3.8) is 0 Å². The van der Waals surface area contributed by atoms with E-state index in [-0.39, 0.29) is 18.1 Å². The highest BCUT2D eigenvalue weighted by molar-refractivity contribution is 5.88. The summed E-state index contributed by atoms with van der Waals surface area (Å²) in [6.45, 7) is 0. The van der Waals surface area contributed by atoms with Crippen molar-refractivity contribution >= 4 is 11.9 Å². The molecule has 0 radical (unpaired) electrons. The lowest BCUT2D eigenvalue weighted by Gasteiger charge is -2.10. The second-order valence-electron chi connectivity index (χ2n) is 4.99. The normalized spacial score (nSPS) is 12.0. The first-order valence-corrected chi connectivity index (χ1v) is 6.95. The molecule has 0 saturated heterocycles. The maximum atomic E-state index is 11.0. The summed E-state index contributed by atoms with van der Waals surface area (Å²) < 4.78 is 4.97. The number of carboxylic acids is 1. The average Bonchev–Trinajstić information content (AvgIpc) is 2.97. The molecule has 0 aliphatic rings. The lowest BCUT2D eigenvalue weighted by Crippen LogP contribution is -2.13. The zero-order chi connectivity index (χ0) is 15.9. The molecule has 0 spiro atoms. The molecule has 1 heterocycles. The van der Waals surface area contributed by atoms with Crippen molar-refractivity contribution in [2.24, 2.45) is 5.73 Å². The third-order valence-corrected chi connectivity index (χ3v) is 3.29. The van der Waals surface area contributed by atoms with Gasteiger partial charge >= 0.3 is 5.97 Å². The van der Waals surface area contributed by atoms with Gasteiger partial charge in [-0.25, -0.2) is 0 Å². The van der Waals surface area contributed by atoms with E-state index in [2.05, 4.69) is 10.1 Å². The van der Waals surface area contributed by atoms with Crippen LogP contribution in [0, 0.1) is 0 Å². The molecule has 1 aromatic heterocycles. The highest BCUT2D eigenvalue weighted by Crippen LogP contribution is 2.24. The Morgan fingerprint density at radius 1 is 1.27 bits per heavy atom. The molecule has 0 aliphatic heterocycles. The van der Waals surface area contributed by atoms with Gasteiger partial charge in [-0.3, -0.25) is 9.59 Å². The number of nitrogens with two attached hydrogens (primary N) is 1. The number of primary amides is 1. The van der Waals surface area contributed by atoms with Crippen LogP contribution in [0.1, 0.15) is 47.3 Å². The van der Waals surface area contributed by atoms with E-state index in [0.29, 0.717) is 6.42 Å². The fourth-order valence-corrected chi connectivity index (χ4v) is 2.22. The van der Waals surface area contributed by atoms with Crippen LogP contribution in [0.5, 0.6) is 0 Å². The molecule has 1 aromatic carbocycles. The number of amides is 1. The van der Waals surface area contributed by atoms with Crippen molar-refractivity contribution in [1.82, 2.24) is 10.1 Å². The number of aryl methyl sites for hydroxylation is 1. The van der Waals surface area contributed by atoms with Crippen molar-refractivity contribution in [2.45, 2.75) is 31.6 Å². The van der Waals surface area contributed by atoms with Gasteiger partial charge in [0.25, 0.3) is 11.7 Å². The number of carbonyl (C=O) groups excluding carboxylic acids is 1. The molecule has 3 N–H and O–H groups in total. The Hall–Kier alpha value is -2.70. The summed E-state index contributed by atoms with van der Waals surface area (Å²) in [5, 5.41) is 12.5. The maximum absolute atomic E-state index is 11.0. The number of carbonyl (C=O) groups is 2. The van der Waals surface area contributed by atoms with E-state index in [0.717, 1.165) is 12.8 Å². The number of hydrogen-bond acceptors (Lipinski definition) is 5. The molecule has 116 valence electrons. The average molecular weight is 303 g/mol. The number of nitrogens with zero attached hydrogens (tertiary/aromatic N) is 2. The minimum Gasteiger partial charge on any atom is -0.481 e. The van der Waals surface area contributed by atoms with Crippen LogP contribution in [0.3, 0.4) is 0 Å². The third kappa shape index (κ3) is 4.41. The molecule has 2 rings (SSSR count). The Kier molecular flexibility index (Phi) is 5.24. The molecular weight excluding hydrogens is 286 g/mol. The van der Waals surface area contributed by atoms with Gasteiger partial charge in [-0.1, -0.05) is 35.5 Å². The summed E-state index contributed by atoms with van der Waals surface area (Å²) in [6.07, 6.45) is 2.04. The monoisotopic (exact) mass is 303 g/mol. The van der Waals surface area contributed by atoms with E-state index in [1.54, 1.807) is 0 Å². The highest BCUT2D eigenvalue weighted by Gasteiger charge is 2.23. The fraction of sp³-hybridized carbons (Fsp3) is 0.333. The lowest BCUT2D eigenvalue weighted by molar-refractivity contribution is -0.137. The second-order valence-corrected chi connectivity index (χ2v) is 4.99. The van der Waals surface area contributed by atoms with Gasteiger partial charge in [0.15, 0.2) is 0 Å². The molecule has 7 heteroatoms. The Morgan fingerprint density at radius 2 is 2.00 bits per heavy atom. The summed E-state index contributed by atoms with van der Waals surface area (Å²) in [7, 11) is 0. The van der Waals surface area contributed by atoms with Gasteiger partial charge in [-0.2, -0.15) is 4.98 Å². The van der Waals surface area contributed by atoms with Crippen molar-refractivity contribution in [2.75, 3.05) is 0 Å². The quantitative estimate of drug-likeness (QED) is 0.766. The van der Waals surface area contributed by atoms with Crippen LogP contribution < -0.4 is 5.73 Å². The van der Waals surface area contributed by atoms with Gasteiger partial charge in [0, 0.05) is 5.92 Å². The third-order valence-electron chi connectivity index (χ3n) is 3.29. The first-order chi connectivity index (χ1) is 10.6. The summed E-state index contributed by atoms with van der Waals surface area (Å²) in [6, 6.07) is 9.90. The van der Waals surface area contributed by atoms with Gasteiger partial charge in [-0.05, 0) is 24.8 Å². The number of carboxylic acid groups (broad SMARTS) is 1. The second kappa shape index (κ2) is 7.35. The van der Waals surface area contributed by atoms with E-state index >= 15 is 0 Å². The van der Waals surface area contributed by atoms with E-state index in [1.165, 1.54) is 5.56 Å². The van der Waals surface area contributed by atoms with Crippen molar-refractivity contribution in [3.05, 3.63) is 47.6 Å². The van der Waals surface area contributed by atoms with Crippen LogP contribution in [-0.4, -0.2) is 27.1 Å². The number of benzene rings is 1. The summed E-state index contributed by atoms with van der Waals surface area (Å²) >= 11 is 0. The highest BCUT2D eigenvalue weighted by atomic mass is 16.5. The van der Waals surface area contributed by atoms with Gasteiger partial charge in [0.05, 0.1) is 6.42 Å². The van der Waals surface area contributed by atoms with E-state index < -0.39 is 17.8 Å². The van der Waals surface area contributed by atoms with Gasteiger partial charge in [0.1, 0.15) is 0 Å². The van der Waals surface area contributed by atoms with Gasteiger partial charge in [0.2, 0.25) is 5.89 Å². The minimum absolute atomic E-state index is 0.130. The Bertz CT molecular complexity index is 639. The molecule has 0 fully saturated rings. The maximum Gasteiger partial charge on any atom is 0.304 e. The van der Waals surface area contributed by atoms with Crippen LogP contribution in [0.2, 0.25) is 0 Å². The number of aromatic nitrogens is 2. The smallest absolute Gasteiger partial charge is 0.304 e. The lowest BCUT2D eigenvalue weighted by atomic mass is 9.96. The number of aliphatic carboxylic acids is 1. The van der Waals surface area contributed by atoms with Crippen molar-refractivity contribution < 1.29 is 19.2 Å². The predicted molar refractivity (Wildman–Crippen MR) is 77.2 cm³/mol. The molecular formula is C15H17N3O4. The molecule has 2 aromatic rings. The van der Waals surface area contributed by atoms with Crippen LogP contribution in [0.15, 0.2) is 34.9 Å². The Balaban J connectivity index is 1.99. The van der Waals surface area contributed by atoms with Crippen molar-refractivity contribution in [1.29, 1.82) is 0 Å². The van der Waals surface area contributed by atoms with E-state index in [4.69, 9.17) is 15.4 Å². The summed E-state index contributed by atoms with van der Waals surface area (Å²) in [5.41, 5.74) is 6.24. The standard InChI is InChI=1S/C15H17N3O4/c16-13(21)14-17-15(22-18-14)11(9-12(19)20)8-4-7-10-5-2-1-3-6-10/h1-3,5-6,11H,4,7-9H2,(H2,16,21)(H,19,20)/t11-/m1/s1. The molecule has 0 aliphatic carbocycles. The van der Waals surface area contributed by atoms with Crippen LogP contribution in [-0.2, 0) is 11.2 Å². The summed E-state index contributed by atoms with van der Waals surface area (Å²) in [5.74, 6) is -2.27. The zero-order valence-electron chi connectivity index (χ0n) is 11.9. The van der Waals surface area contributed by atoms with Crippen LogP contribution in [0.25, 0.3) is 0 Å². The molecule has 0 unspecified atom stereocenters. The molecule has 1 amide bonds. The molecule has 0 saturated carbocycles. The molecule has 1 atom stereocenters. The van der Waals surface area contributed by atoms with E-state index in [9.17, 15) is 9.59 Å². The van der Waals surface area contributed by atoms with Crippen LogP contribution >= 0.6 is 0 Å². The van der Waals surface area contributed by atoms with Gasteiger partial charge < -0.3 is 15.4 Å². The van der Waals surface area contributed by atoms with Crippen LogP contribution in [0.4, 0.5) is 0 Å². The first kappa shape index (κ1) is 15.7. The molecule has 22 heavy (non-hydrogen) atoms. The Labute approximate surface area is 127 Å². The summed E-state index contributed by atoms with van der Waals surface area (Å²) in [4.78, 5) is 25.8. The topological polar surface area (TPSA) is 119 Å².